The maximum atomic E-state index is 12.7. The van der Waals surface area contributed by atoms with Crippen LogP contribution in [0.25, 0.3) is 6.08 Å². The van der Waals surface area contributed by atoms with Crippen LogP contribution in [0.4, 0.5) is 0 Å². The van der Waals surface area contributed by atoms with E-state index in [-0.39, 0.29) is 23.0 Å². The fraction of sp³-hybridized carbons (Fsp3) is 0.368. The molecule has 6 nitrogen and oxygen atoms in total. The van der Waals surface area contributed by atoms with Crippen LogP contribution in [0, 0.1) is 5.92 Å². The molecule has 0 saturated heterocycles. The van der Waals surface area contributed by atoms with Crippen molar-refractivity contribution in [2.24, 2.45) is 5.92 Å². The lowest BCUT2D eigenvalue weighted by Crippen LogP contribution is -2.28. The standard InChI is InChI=1S/C19H23NO5/c1-11(2)10-20-12(3)17(19(22)23)14(18(20)21)8-13-6-7-15(24-4)16(9-13)25-5/h6-9,11H,10H2,1-5H3,(H,22,23). The summed E-state index contributed by atoms with van der Waals surface area (Å²) in [6.45, 7) is 6.11. The van der Waals surface area contributed by atoms with Gasteiger partial charge in [0.2, 0.25) is 0 Å². The highest BCUT2D eigenvalue weighted by Crippen LogP contribution is 2.33. The van der Waals surface area contributed by atoms with E-state index in [1.165, 1.54) is 19.1 Å². The quantitative estimate of drug-likeness (QED) is 0.802. The van der Waals surface area contributed by atoms with Gasteiger partial charge in [0.05, 0.1) is 25.4 Å². The van der Waals surface area contributed by atoms with E-state index >= 15 is 0 Å². The predicted molar refractivity (Wildman–Crippen MR) is 94.4 cm³/mol. The average molecular weight is 345 g/mol. The Hall–Kier alpha value is -2.76. The van der Waals surface area contributed by atoms with E-state index in [0.717, 1.165) is 0 Å². The number of hydrogen-bond acceptors (Lipinski definition) is 4. The normalized spacial score (nSPS) is 16.2. The number of methoxy groups -OCH3 is 2. The molecular formula is C19H23NO5. The van der Waals surface area contributed by atoms with Gasteiger partial charge in [-0.25, -0.2) is 4.79 Å². The second-order valence-electron chi connectivity index (χ2n) is 6.25. The maximum Gasteiger partial charge on any atom is 0.338 e. The van der Waals surface area contributed by atoms with Gasteiger partial charge in [0, 0.05) is 12.2 Å². The minimum Gasteiger partial charge on any atom is -0.493 e. The smallest absolute Gasteiger partial charge is 0.338 e. The van der Waals surface area contributed by atoms with E-state index in [1.807, 2.05) is 13.8 Å². The number of carbonyl (C=O) groups is 2. The number of hydrogen-bond donors (Lipinski definition) is 1. The lowest BCUT2D eigenvalue weighted by molar-refractivity contribution is -0.132. The van der Waals surface area contributed by atoms with Gasteiger partial charge in [-0.15, -0.1) is 0 Å². The summed E-state index contributed by atoms with van der Waals surface area (Å²) in [7, 11) is 3.06. The van der Waals surface area contributed by atoms with Crippen LogP contribution in [-0.2, 0) is 9.59 Å². The largest absolute Gasteiger partial charge is 0.493 e. The van der Waals surface area contributed by atoms with Crippen molar-refractivity contribution in [2.75, 3.05) is 20.8 Å². The molecule has 0 radical (unpaired) electrons. The first-order valence-electron chi connectivity index (χ1n) is 8.00. The Morgan fingerprint density at radius 3 is 2.40 bits per heavy atom. The number of benzene rings is 1. The zero-order valence-corrected chi connectivity index (χ0v) is 15.1. The molecular weight excluding hydrogens is 322 g/mol. The van der Waals surface area contributed by atoms with Gasteiger partial charge in [-0.1, -0.05) is 19.9 Å². The summed E-state index contributed by atoms with van der Waals surface area (Å²) in [5.41, 5.74) is 1.36. The zero-order chi connectivity index (χ0) is 18.7. The highest BCUT2D eigenvalue weighted by atomic mass is 16.5. The highest BCUT2D eigenvalue weighted by molar-refractivity contribution is 6.15. The van der Waals surface area contributed by atoms with Crippen molar-refractivity contribution < 1.29 is 24.2 Å². The molecule has 1 heterocycles. The number of nitrogens with zero attached hydrogens (tertiary/aromatic N) is 1. The van der Waals surface area contributed by atoms with E-state index < -0.39 is 5.97 Å². The molecule has 1 aliphatic heterocycles. The third-order valence-electron chi connectivity index (χ3n) is 3.99. The van der Waals surface area contributed by atoms with Gasteiger partial charge in [-0.3, -0.25) is 4.79 Å². The van der Waals surface area contributed by atoms with Crippen molar-refractivity contribution >= 4 is 18.0 Å². The molecule has 0 aromatic heterocycles. The summed E-state index contributed by atoms with van der Waals surface area (Å²) in [6, 6.07) is 5.17. The molecule has 134 valence electrons. The van der Waals surface area contributed by atoms with Gasteiger partial charge in [0.25, 0.3) is 5.91 Å². The van der Waals surface area contributed by atoms with Gasteiger partial charge in [-0.2, -0.15) is 0 Å². The summed E-state index contributed by atoms with van der Waals surface area (Å²) in [5, 5.41) is 9.56. The first-order chi connectivity index (χ1) is 11.8. The van der Waals surface area contributed by atoms with Crippen molar-refractivity contribution in [1.29, 1.82) is 0 Å². The Labute approximate surface area is 147 Å². The second-order valence-corrected chi connectivity index (χ2v) is 6.25. The molecule has 25 heavy (non-hydrogen) atoms. The minimum atomic E-state index is -1.11. The molecule has 1 amide bonds. The number of carbonyl (C=O) groups excluding carboxylic acids is 1. The predicted octanol–water partition coefficient (Wildman–Crippen LogP) is 2.94. The van der Waals surface area contributed by atoms with E-state index in [2.05, 4.69) is 0 Å². The first kappa shape index (κ1) is 18.6. The molecule has 1 N–H and O–H groups in total. The molecule has 2 rings (SSSR count). The molecule has 0 unspecified atom stereocenters. The van der Waals surface area contributed by atoms with Gasteiger partial charge in [-0.05, 0) is 36.6 Å². The number of ether oxygens (including phenoxy) is 2. The lowest BCUT2D eigenvalue weighted by Gasteiger charge is -2.19. The number of rotatable bonds is 6. The van der Waals surface area contributed by atoms with E-state index in [4.69, 9.17) is 9.47 Å². The van der Waals surface area contributed by atoms with Crippen LogP contribution >= 0.6 is 0 Å². The Morgan fingerprint density at radius 1 is 1.24 bits per heavy atom. The minimum absolute atomic E-state index is 0.0421. The summed E-state index contributed by atoms with van der Waals surface area (Å²) < 4.78 is 10.5. The third kappa shape index (κ3) is 3.68. The van der Waals surface area contributed by atoms with E-state index in [0.29, 0.717) is 29.3 Å². The van der Waals surface area contributed by atoms with Gasteiger partial charge in [0.1, 0.15) is 0 Å². The van der Waals surface area contributed by atoms with Gasteiger partial charge in [0.15, 0.2) is 11.5 Å². The van der Waals surface area contributed by atoms with Crippen LogP contribution in [-0.4, -0.2) is 42.6 Å². The van der Waals surface area contributed by atoms with Crippen LogP contribution in [0.1, 0.15) is 26.3 Å². The van der Waals surface area contributed by atoms with E-state index in [1.54, 1.807) is 31.2 Å². The van der Waals surface area contributed by atoms with Crippen LogP contribution in [0.2, 0.25) is 0 Å². The maximum absolute atomic E-state index is 12.7. The molecule has 6 heteroatoms. The molecule has 0 bridgehead atoms. The Bertz CT molecular complexity index is 761. The average Bonchev–Trinajstić information content (AvgIpc) is 2.78. The Balaban J connectivity index is 2.51. The topological polar surface area (TPSA) is 76.1 Å². The number of carboxylic acids is 1. The van der Waals surface area contributed by atoms with Gasteiger partial charge < -0.3 is 19.5 Å². The number of carboxylic acid groups (broad SMARTS) is 1. The summed E-state index contributed by atoms with van der Waals surface area (Å²) in [6.07, 6.45) is 1.58. The number of allylic oxidation sites excluding steroid dienone is 1. The van der Waals surface area contributed by atoms with E-state index in [9.17, 15) is 14.7 Å². The molecule has 0 saturated carbocycles. The van der Waals surface area contributed by atoms with Crippen molar-refractivity contribution in [2.45, 2.75) is 20.8 Å². The van der Waals surface area contributed by atoms with Crippen LogP contribution < -0.4 is 9.47 Å². The van der Waals surface area contributed by atoms with Crippen LogP contribution in [0.5, 0.6) is 11.5 Å². The molecule has 1 aromatic rings. The first-order valence-corrected chi connectivity index (χ1v) is 8.00. The fourth-order valence-corrected chi connectivity index (χ4v) is 2.83. The van der Waals surface area contributed by atoms with Crippen LogP contribution in [0.15, 0.2) is 35.0 Å². The Kier molecular flexibility index (Phi) is 5.51. The molecule has 0 fully saturated rings. The molecule has 0 aliphatic carbocycles. The monoisotopic (exact) mass is 345 g/mol. The fourth-order valence-electron chi connectivity index (χ4n) is 2.83. The van der Waals surface area contributed by atoms with Crippen molar-refractivity contribution in [1.82, 2.24) is 4.90 Å². The third-order valence-corrected chi connectivity index (χ3v) is 3.99. The summed E-state index contributed by atoms with van der Waals surface area (Å²) >= 11 is 0. The second kappa shape index (κ2) is 7.42. The summed E-state index contributed by atoms with van der Waals surface area (Å²) in [5.74, 6) is -0.0930. The number of aliphatic carboxylic acids is 1. The van der Waals surface area contributed by atoms with Crippen molar-refractivity contribution in [3.8, 4) is 11.5 Å². The van der Waals surface area contributed by atoms with Crippen molar-refractivity contribution in [3.63, 3.8) is 0 Å². The Morgan fingerprint density at radius 2 is 1.88 bits per heavy atom. The van der Waals surface area contributed by atoms with Crippen molar-refractivity contribution in [3.05, 3.63) is 40.6 Å². The number of amides is 1. The van der Waals surface area contributed by atoms with Crippen LogP contribution in [0.3, 0.4) is 0 Å². The molecule has 1 aromatic carbocycles. The molecule has 0 spiro atoms. The SMILES string of the molecule is COc1ccc(C=C2C(=O)N(CC(C)C)C(C)=C2C(=O)O)cc1OC. The highest BCUT2D eigenvalue weighted by Gasteiger charge is 2.36. The molecule has 1 aliphatic rings. The summed E-state index contributed by atoms with van der Waals surface area (Å²) in [4.78, 5) is 26.0. The lowest BCUT2D eigenvalue weighted by atomic mass is 10.0. The molecule has 0 atom stereocenters. The zero-order valence-electron chi connectivity index (χ0n) is 15.1. The van der Waals surface area contributed by atoms with Gasteiger partial charge >= 0.3 is 5.97 Å².